The van der Waals surface area contributed by atoms with Crippen molar-refractivity contribution in [3.05, 3.63) is 29.8 Å². The summed E-state index contributed by atoms with van der Waals surface area (Å²) in [4.78, 5) is 34.1. The quantitative estimate of drug-likeness (QED) is 0.415. The zero-order valence-electron chi connectivity index (χ0n) is 11.9. The van der Waals surface area contributed by atoms with Gasteiger partial charge in [0.15, 0.2) is 0 Å². The van der Waals surface area contributed by atoms with Gasteiger partial charge in [-0.2, -0.15) is 0 Å². The zero-order chi connectivity index (χ0) is 16.5. The molecule has 0 aliphatic heterocycles. The molecule has 1 aromatic rings. The summed E-state index contributed by atoms with van der Waals surface area (Å²) in [6, 6.07) is 5.24. The van der Waals surface area contributed by atoms with Crippen LogP contribution >= 0.6 is 0 Å². The van der Waals surface area contributed by atoms with Crippen LogP contribution in [0.15, 0.2) is 24.3 Å². The number of aromatic hydroxyl groups is 1. The molecule has 8 nitrogen and oxygen atoms in total. The number of rotatable bonds is 8. The van der Waals surface area contributed by atoms with E-state index in [2.05, 4.69) is 10.6 Å². The number of phenolic OH excluding ortho intramolecular Hbond substituents is 1. The summed E-state index contributed by atoms with van der Waals surface area (Å²) >= 11 is 0. The standard InChI is InChI=1S/C14H19N3O5/c15-6-5-12(19)17-11(14(22)16-8-13(20)21)7-9-1-3-10(18)4-2-9/h1-4,11,18H,5-8,15H2,(H,16,22)(H,17,19)(H,20,21)/t11-/m0/s1. The Morgan fingerprint density at radius 1 is 1.18 bits per heavy atom. The van der Waals surface area contributed by atoms with E-state index in [1.54, 1.807) is 12.1 Å². The first-order valence-corrected chi connectivity index (χ1v) is 6.69. The fraction of sp³-hybridized carbons (Fsp3) is 0.357. The number of benzene rings is 1. The lowest BCUT2D eigenvalue weighted by Gasteiger charge is -2.18. The largest absolute Gasteiger partial charge is 0.508 e. The van der Waals surface area contributed by atoms with Gasteiger partial charge < -0.3 is 26.6 Å². The van der Waals surface area contributed by atoms with Gasteiger partial charge in [0.2, 0.25) is 11.8 Å². The Balaban J connectivity index is 2.75. The predicted octanol–water partition coefficient (Wildman–Crippen LogP) is -1.03. The molecule has 6 N–H and O–H groups in total. The van der Waals surface area contributed by atoms with Crippen LogP contribution in [0.25, 0.3) is 0 Å². The molecule has 1 rings (SSSR count). The van der Waals surface area contributed by atoms with Crippen LogP contribution in [-0.4, -0.2) is 47.1 Å². The molecule has 1 atom stereocenters. The van der Waals surface area contributed by atoms with Crippen LogP contribution in [-0.2, 0) is 20.8 Å². The third-order valence-corrected chi connectivity index (χ3v) is 2.81. The van der Waals surface area contributed by atoms with Crippen molar-refractivity contribution in [2.24, 2.45) is 5.73 Å². The second-order valence-corrected chi connectivity index (χ2v) is 4.64. The van der Waals surface area contributed by atoms with Crippen molar-refractivity contribution in [3.63, 3.8) is 0 Å². The van der Waals surface area contributed by atoms with Gasteiger partial charge in [0, 0.05) is 19.4 Å². The number of carbonyl (C=O) groups excluding carboxylic acids is 2. The third-order valence-electron chi connectivity index (χ3n) is 2.81. The van der Waals surface area contributed by atoms with Gasteiger partial charge in [-0.15, -0.1) is 0 Å². The number of hydrogen-bond acceptors (Lipinski definition) is 5. The molecule has 0 saturated carbocycles. The molecule has 0 radical (unpaired) electrons. The van der Waals surface area contributed by atoms with Crippen molar-refractivity contribution >= 4 is 17.8 Å². The number of nitrogens with one attached hydrogen (secondary N) is 2. The molecular formula is C14H19N3O5. The summed E-state index contributed by atoms with van der Waals surface area (Å²) in [7, 11) is 0. The molecule has 0 aliphatic rings. The molecule has 0 aromatic heterocycles. The summed E-state index contributed by atoms with van der Waals surface area (Å²) in [6.45, 7) is -0.383. The normalized spacial score (nSPS) is 11.5. The average Bonchev–Trinajstić information content (AvgIpc) is 2.46. The summed E-state index contributed by atoms with van der Waals surface area (Å²) < 4.78 is 0. The van der Waals surface area contributed by atoms with Crippen molar-refractivity contribution in [3.8, 4) is 5.75 Å². The van der Waals surface area contributed by atoms with E-state index in [9.17, 15) is 19.5 Å². The Hall–Kier alpha value is -2.61. The first kappa shape index (κ1) is 17.4. The minimum absolute atomic E-state index is 0.0677. The van der Waals surface area contributed by atoms with E-state index in [4.69, 9.17) is 10.8 Å². The number of carboxylic acid groups (broad SMARTS) is 1. The third kappa shape index (κ3) is 6.23. The minimum Gasteiger partial charge on any atom is -0.508 e. The summed E-state index contributed by atoms with van der Waals surface area (Å²) in [5, 5.41) is 22.6. The number of phenols is 1. The van der Waals surface area contributed by atoms with Crippen molar-refractivity contribution in [2.45, 2.75) is 18.9 Å². The predicted molar refractivity (Wildman–Crippen MR) is 78.1 cm³/mol. The number of hydrogen-bond donors (Lipinski definition) is 5. The number of carboxylic acids is 1. The lowest BCUT2D eigenvalue weighted by Crippen LogP contribution is -2.49. The second kappa shape index (κ2) is 8.63. The number of aliphatic carboxylic acids is 1. The van der Waals surface area contributed by atoms with E-state index in [-0.39, 0.29) is 25.1 Å². The first-order valence-electron chi connectivity index (χ1n) is 6.69. The van der Waals surface area contributed by atoms with Gasteiger partial charge in [-0.3, -0.25) is 14.4 Å². The van der Waals surface area contributed by atoms with Gasteiger partial charge >= 0.3 is 5.97 Å². The summed E-state index contributed by atoms with van der Waals surface area (Å²) in [5.74, 6) is -2.08. The van der Waals surface area contributed by atoms with Crippen LogP contribution in [0.1, 0.15) is 12.0 Å². The smallest absolute Gasteiger partial charge is 0.322 e. The highest BCUT2D eigenvalue weighted by molar-refractivity contribution is 5.89. The van der Waals surface area contributed by atoms with Gasteiger partial charge in [0.05, 0.1) is 0 Å². The monoisotopic (exact) mass is 309 g/mol. The van der Waals surface area contributed by atoms with Gasteiger partial charge in [-0.1, -0.05) is 12.1 Å². The maximum Gasteiger partial charge on any atom is 0.322 e. The van der Waals surface area contributed by atoms with E-state index in [1.807, 2.05) is 0 Å². The van der Waals surface area contributed by atoms with Crippen LogP contribution in [0, 0.1) is 0 Å². The number of amides is 2. The number of nitrogens with two attached hydrogens (primary N) is 1. The zero-order valence-corrected chi connectivity index (χ0v) is 11.9. The van der Waals surface area contributed by atoms with Gasteiger partial charge in [0.1, 0.15) is 18.3 Å². The lowest BCUT2D eigenvalue weighted by atomic mass is 10.0. The second-order valence-electron chi connectivity index (χ2n) is 4.64. The van der Waals surface area contributed by atoms with E-state index >= 15 is 0 Å². The summed E-state index contributed by atoms with van der Waals surface area (Å²) in [5.41, 5.74) is 5.99. The molecule has 0 saturated heterocycles. The molecule has 0 bridgehead atoms. The lowest BCUT2D eigenvalue weighted by molar-refractivity contribution is -0.138. The molecule has 2 amide bonds. The van der Waals surface area contributed by atoms with E-state index in [1.165, 1.54) is 12.1 Å². The number of carbonyl (C=O) groups is 3. The van der Waals surface area contributed by atoms with Crippen LogP contribution in [0.3, 0.4) is 0 Å². The molecule has 0 spiro atoms. The Morgan fingerprint density at radius 3 is 2.36 bits per heavy atom. The fourth-order valence-electron chi connectivity index (χ4n) is 1.76. The Bertz CT molecular complexity index is 530. The van der Waals surface area contributed by atoms with Crippen LogP contribution in [0.5, 0.6) is 5.75 Å². The van der Waals surface area contributed by atoms with Gasteiger partial charge in [0.25, 0.3) is 0 Å². The van der Waals surface area contributed by atoms with Crippen molar-refractivity contribution in [1.29, 1.82) is 0 Å². The average molecular weight is 309 g/mol. The van der Waals surface area contributed by atoms with E-state index in [0.717, 1.165) is 0 Å². The molecule has 120 valence electrons. The maximum absolute atomic E-state index is 12.0. The molecule has 0 unspecified atom stereocenters. The van der Waals surface area contributed by atoms with Gasteiger partial charge in [-0.05, 0) is 17.7 Å². The Labute approximate surface area is 127 Å². The summed E-state index contributed by atoms with van der Waals surface area (Å²) in [6.07, 6.45) is 0.236. The molecule has 1 aromatic carbocycles. The maximum atomic E-state index is 12.0. The highest BCUT2D eigenvalue weighted by Gasteiger charge is 2.21. The Morgan fingerprint density at radius 2 is 1.82 bits per heavy atom. The van der Waals surface area contributed by atoms with E-state index in [0.29, 0.717) is 5.56 Å². The molecule has 0 heterocycles. The highest BCUT2D eigenvalue weighted by atomic mass is 16.4. The molecule has 22 heavy (non-hydrogen) atoms. The van der Waals surface area contributed by atoms with Crippen molar-refractivity contribution in [2.75, 3.05) is 13.1 Å². The molecule has 0 aliphatic carbocycles. The van der Waals surface area contributed by atoms with Crippen molar-refractivity contribution < 1.29 is 24.6 Å². The SMILES string of the molecule is NCCC(=O)N[C@@H](Cc1ccc(O)cc1)C(=O)NCC(=O)O. The molecule has 8 heteroatoms. The van der Waals surface area contributed by atoms with Crippen molar-refractivity contribution in [1.82, 2.24) is 10.6 Å². The molecule has 0 fully saturated rings. The Kier molecular flexibility index (Phi) is 6.84. The van der Waals surface area contributed by atoms with Crippen LogP contribution < -0.4 is 16.4 Å². The van der Waals surface area contributed by atoms with Crippen LogP contribution in [0.2, 0.25) is 0 Å². The van der Waals surface area contributed by atoms with E-state index < -0.39 is 30.4 Å². The topological polar surface area (TPSA) is 142 Å². The van der Waals surface area contributed by atoms with Gasteiger partial charge in [-0.25, -0.2) is 0 Å². The molecular weight excluding hydrogens is 290 g/mol. The highest BCUT2D eigenvalue weighted by Crippen LogP contribution is 2.11. The first-order chi connectivity index (χ1) is 10.4. The minimum atomic E-state index is -1.18. The van der Waals surface area contributed by atoms with Crippen LogP contribution in [0.4, 0.5) is 0 Å². The fourth-order valence-corrected chi connectivity index (χ4v) is 1.76.